The van der Waals surface area contributed by atoms with E-state index in [9.17, 15) is 17.6 Å². The summed E-state index contributed by atoms with van der Waals surface area (Å²) >= 11 is 0. The average molecular weight is 562 g/mol. The highest BCUT2D eigenvalue weighted by Crippen LogP contribution is 2.32. The van der Waals surface area contributed by atoms with E-state index >= 15 is 0 Å². The van der Waals surface area contributed by atoms with Gasteiger partial charge in [-0.3, -0.25) is 4.79 Å². The zero-order chi connectivity index (χ0) is 28.7. The van der Waals surface area contributed by atoms with Gasteiger partial charge in [0.05, 0.1) is 12.7 Å². The molecule has 4 rings (SSSR count). The van der Waals surface area contributed by atoms with Crippen molar-refractivity contribution in [2.45, 2.75) is 39.8 Å². The number of hydrogen-bond donors (Lipinski definition) is 1. The fourth-order valence-corrected chi connectivity index (χ4v) is 4.93. The van der Waals surface area contributed by atoms with Crippen LogP contribution in [-0.2, 0) is 38.7 Å². The summed E-state index contributed by atoms with van der Waals surface area (Å²) in [5, 5.41) is 3.27. The van der Waals surface area contributed by atoms with Crippen molar-refractivity contribution in [3.05, 3.63) is 119 Å². The summed E-state index contributed by atoms with van der Waals surface area (Å²) < 4.78 is 47.4. The first-order valence-corrected chi connectivity index (χ1v) is 14.7. The highest BCUT2D eigenvalue weighted by Gasteiger charge is 2.14. The molecule has 0 saturated heterocycles. The molecule has 6 nitrogen and oxygen atoms in total. The van der Waals surface area contributed by atoms with Crippen LogP contribution in [0.5, 0.6) is 5.75 Å². The SMILES string of the molecule is Cc1cccc(C)c1-c1cc(CNc2ccc(CCC(=O)OS(C)(=O)=O)c(F)c2)cc(OCc2ccccc2)c1. The van der Waals surface area contributed by atoms with Crippen molar-refractivity contribution in [2.75, 3.05) is 11.6 Å². The number of carbonyl (C=O) groups excluding carboxylic acids is 1. The predicted molar refractivity (Wildman–Crippen MR) is 155 cm³/mol. The number of carbonyl (C=O) groups is 1. The van der Waals surface area contributed by atoms with Gasteiger partial charge < -0.3 is 14.2 Å². The van der Waals surface area contributed by atoms with E-state index in [4.69, 9.17) is 4.74 Å². The standard InChI is InChI=1S/C32H32FNO5S/c1-22-8-7-9-23(2)32(22)27-16-25(17-29(18-27)38-21-24-10-5-4-6-11-24)20-34-28-14-12-26(30(33)19-28)13-15-31(35)39-40(3,36)37/h4-12,14,16-19,34H,13,15,20-21H2,1-3H3. The Bertz CT molecular complexity index is 1580. The molecule has 0 aliphatic rings. The summed E-state index contributed by atoms with van der Waals surface area (Å²) in [5.41, 5.74) is 7.43. The molecular formula is C32H32FNO5S. The number of halogens is 1. The first kappa shape index (κ1) is 28.8. The molecule has 0 aromatic heterocycles. The quantitative estimate of drug-likeness (QED) is 0.204. The van der Waals surface area contributed by atoms with Gasteiger partial charge in [0, 0.05) is 12.2 Å². The van der Waals surface area contributed by atoms with E-state index in [0.717, 1.165) is 45.4 Å². The number of nitrogens with one attached hydrogen (secondary N) is 1. The normalized spacial score (nSPS) is 11.2. The first-order valence-electron chi connectivity index (χ1n) is 12.9. The predicted octanol–water partition coefficient (Wildman–Crippen LogP) is 6.74. The van der Waals surface area contributed by atoms with Gasteiger partial charge in [0.2, 0.25) is 0 Å². The second-order valence-electron chi connectivity index (χ2n) is 9.73. The second-order valence-corrected chi connectivity index (χ2v) is 11.3. The van der Waals surface area contributed by atoms with Gasteiger partial charge in [-0.2, -0.15) is 8.42 Å². The molecule has 0 aliphatic heterocycles. The largest absolute Gasteiger partial charge is 0.489 e. The third kappa shape index (κ3) is 8.16. The molecule has 0 aliphatic carbocycles. The van der Waals surface area contributed by atoms with Crippen molar-refractivity contribution in [3.8, 4) is 16.9 Å². The van der Waals surface area contributed by atoms with Crippen molar-refractivity contribution in [1.29, 1.82) is 0 Å². The maximum Gasteiger partial charge on any atom is 0.322 e. The number of hydrogen-bond acceptors (Lipinski definition) is 6. The Balaban J connectivity index is 1.50. The molecule has 0 amide bonds. The van der Waals surface area contributed by atoms with E-state index in [-0.39, 0.29) is 12.8 Å². The van der Waals surface area contributed by atoms with Gasteiger partial charge in [-0.05, 0) is 89.5 Å². The van der Waals surface area contributed by atoms with Gasteiger partial charge in [0.1, 0.15) is 18.2 Å². The molecule has 0 atom stereocenters. The van der Waals surface area contributed by atoms with Crippen LogP contribution in [0.4, 0.5) is 10.1 Å². The molecule has 0 radical (unpaired) electrons. The number of ether oxygens (including phenoxy) is 1. The molecule has 40 heavy (non-hydrogen) atoms. The van der Waals surface area contributed by atoms with Crippen molar-refractivity contribution in [1.82, 2.24) is 0 Å². The monoisotopic (exact) mass is 561 g/mol. The minimum atomic E-state index is -3.89. The Kier molecular flexibility index (Phi) is 9.22. The van der Waals surface area contributed by atoms with Gasteiger partial charge in [-0.1, -0.05) is 54.6 Å². The molecule has 0 spiro atoms. The van der Waals surface area contributed by atoms with E-state index in [1.54, 1.807) is 12.1 Å². The van der Waals surface area contributed by atoms with Gasteiger partial charge in [-0.25, -0.2) is 4.39 Å². The highest BCUT2D eigenvalue weighted by molar-refractivity contribution is 7.86. The van der Waals surface area contributed by atoms with Crippen molar-refractivity contribution in [2.24, 2.45) is 0 Å². The van der Waals surface area contributed by atoms with Crippen LogP contribution < -0.4 is 10.1 Å². The van der Waals surface area contributed by atoms with Crippen LogP contribution in [0, 0.1) is 19.7 Å². The Hall–Kier alpha value is -4.17. The number of anilines is 1. The molecule has 1 N–H and O–H groups in total. The molecule has 0 fully saturated rings. The van der Waals surface area contributed by atoms with Gasteiger partial charge >= 0.3 is 16.1 Å². The Labute approximate surface area is 234 Å². The molecule has 0 bridgehead atoms. The summed E-state index contributed by atoms with van der Waals surface area (Å²) in [4.78, 5) is 11.6. The van der Waals surface area contributed by atoms with E-state index in [0.29, 0.717) is 24.4 Å². The van der Waals surface area contributed by atoms with Crippen LogP contribution in [0.25, 0.3) is 11.1 Å². The molecule has 4 aromatic rings. The topological polar surface area (TPSA) is 81.7 Å². The van der Waals surface area contributed by atoms with Crippen LogP contribution >= 0.6 is 0 Å². The van der Waals surface area contributed by atoms with Crippen LogP contribution in [0.15, 0.2) is 84.9 Å². The highest BCUT2D eigenvalue weighted by atomic mass is 32.2. The summed E-state index contributed by atoms with van der Waals surface area (Å²) in [5.74, 6) is -0.671. The Morgan fingerprint density at radius 2 is 1.60 bits per heavy atom. The molecule has 208 valence electrons. The molecule has 8 heteroatoms. The molecule has 0 heterocycles. The van der Waals surface area contributed by atoms with Crippen LogP contribution in [0.2, 0.25) is 0 Å². The summed E-state index contributed by atoms with van der Waals surface area (Å²) in [7, 11) is -3.89. The number of benzene rings is 4. The first-order chi connectivity index (χ1) is 19.1. The number of aryl methyl sites for hydroxylation is 3. The zero-order valence-corrected chi connectivity index (χ0v) is 23.6. The van der Waals surface area contributed by atoms with E-state index in [1.807, 2.05) is 48.5 Å². The third-order valence-electron chi connectivity index (χ3n) is 6.38. The van der Waals surface area contributed by atoms with Crippen LogP contribution in [0.1, 0.15) is 34.2 Å². The van der Waals surface area contributed by atoms with Gasteiger partial charge in [0.25, 0.3) is 0 Å². The Morgan fingerprint density at radius 1 is 0.875 bits per heavy atom. The third-order valence-corrected chi connectivity index (χ3v) is 6.87. The van der Waals surface area contributed by atoms with Gasteiger partial charge in [-0.15, -0.1) is 0 Å². The zero-order valence-electron chi connectivity index (χ0n) is 22.7. The molecule has 0 unspecified atom stereocenters. The fourth-order valence-electron chi connectivity index (χ4n) is 4.51. The van der Waals surface area contributed by atoms with E-state index in [2.05, 4.69) is 41.5 Å². The van der Waals surface area contributed by atoms with Crippen molar-refractivity contribution >= 4 is 21.8 Å². The molecule has 0 saturated carbocycles. The van der Waals surface area contributed by atoms with E-state index < -0.39 is 21.9 Å². The lowest BCUT2D eigenvalue weighted by Gasteiger charge is -2.16. The molecule has 4 aromatic carbocycles. The minimum Gasteiger partial charge on any atom is -0.489 e. The lowest BCUT2D eigenvalue weighted by atomic mass is 9.94. The maximum atomic E-state index is 14.7. The summed E-state index contributed by atoms with van der Waals surface area (Å²) in [6.07, 6.45) is 0.580. The lowest BCUT2D eigenvalue weighted by Crippen LogP contribution is -2.12. The smallest absolute Gasteiger partial charge is 0.322 e. The van der Waals surface area contributed by atoms with Crippen molar-refractivity contribution in [3.63, 3.8) is 0 Å². The summed E-state index contributed by atoms with van der Waals surface area (Å²) in [6.45, 7) is 5.04. The lowest BCUT2D eigenvalue weighted by molar-refractivity contribution is -0.133. The maximum absolute atomic E-state index is 14.7. The number of rotatable bonds is 11. The van der Waals surface area contributed by atoms with Crippen LogP contribution in [0.3, 0.4) is 0 Å². The van der Waals surface area contributed by atoms with Crippen LogP contribution in [-0.4, -0.2) is 20.6 Å². The van der Waals surface area contributed by atoms with Gasteiger partial charge in [0.15, 0.2) is 0 Å². The minimum absolute atomic E-state index is 0.0282. The average Bonchev–Trinajstić information content (AvgIpc) is 2.90. The van der Waals surface area contributed by atoms with Crippen molar-refractivity contribution < 1.29 is 26.5 Å². The fraction of sp³-hybridized carbons (Fsp3) is 0.219. The molecular weight excluding hydrogens is 529 g/mol. The Morgan fingerprint density at radius 3 is 2.27 bits per heavy atom. The van der Waals surface area contributed by atoms with E-state index in [1.165, 1.54) is 6.07 Å². The summed E-state index contributed by atoms with van der Waals surface area (Å²) in [6, 6.07) is 27.0. The second kappa shape index (κ2) is 12.8.